The third kappa shape index (κ3) is 19.1. The van der Waals surface area contributed by atoms with Crippen LogP contribution in [0.15, 0.2) is 315 Å². The van der Waals surface area contributed by atoms with Gasteiger partial charge in [0, 0.05) is 72.2 Å². The van der Waals surface area contributed by atoms with Gasteiger partial charge in [-0.3, -0.25) is 9.59 Å². The minimum absolute atomic E-state index is 0.200. The minimum atomic E-state index is -0.972. The van der Waals surface area contributed by atoms with Crippen molar-refractivity contribution in [1.82, 2.24) is 0 Å². The summed E-state index contributed by atoms with van der Waals surface area (Å²) in [6, 6.07) is 98.6. The quantitative estimate of drug-likeness (QED) is 0.0291. The van der Waals surface area contributed by atoms with Gasteiger partial charge in [-0.2, -0.15) is 0 Å². The number of hydrogen-bond donors (Lipinski definition) is 0. The Bertz CT molecular complexity index is 4600. The molecule has 2 heterocycles. The van der Waals surface area contributed by atoms with Crippen LogP contribution in [0.2, 0.25) is 0 Å². The number of rotatable bonds is 32. The van der Waals surface area contributed by atoms with Crippen LogP contribution in [0, 0.1) is 0 Å². The summed E-state index contributed by atoms with van der Waals surface area (Å²) >= 11 is 0. The van der Waals surface area contributed by atoms with Gasteiger partial charge in [0.25, 0.3) is 0 Å². The Balaban J connectivity index is 0.882. The van der Waals surface area contributed by atoms with Crippen LogP contribution in [-0.4, -0.2) is 24.1 Å². The fourth-order valence-corrected chi connectivity index (χ4v) is 13.6. The van der Waals surface area contributed by atoms with Crippen molar-refractivity contribution in [2.45, 2.75) is 116 Å². The Morgan fingerprint density at radius 1 is 0.287 bits per heavy atom. The molecule has 0 fully saturated rings. The first-order valence-electron chi connectivity index (χ1n) is 36.5. The molecule has 0 N–H and O–H groups in total. The molecule has 0 saturated carbocycles. The predicted molar refractivity (Wildman–Crippen MR) is 414 cm³/mol. The molecule has 2 aliphatic heterocycles. The topological polar surface area (TPSA) is 145 Å². The lowest BCUT2D eigenvalue weighted by Gasteiger charge is -2.40. The van der Waals surface area contributed by atoms with Gasteiger partial charge in [0.1, 0.15) is 87.4 Å². The van der Waals surface area contributed by atoms with E-state index >= 15 is 0 Å². The molecule has 6 atom stereocenters. The summed E-state index contributed by atoms with van der Waals surface area (Å²) in [7, 11) is 0. The molecule has 12 aromatic carbocycles. The van der Waals surface area contributed by atoms with Gasteiger partial charge in [0.2, 0.25) is 0 Å². The molecule has 0 spiro atoms. The highest BCUT2D eigenvalue weighted by Gasteiger charge is 2.46. The molecule has 12 aromatic rings. The van der Waals surface area contributed by atoms with Gasteiger partial charge in [-0.05, 0) is 81.6 Å². The lowest BCUT2D eigenvalue weighted by Crippen LogP contribution is -2.38. The molecule has 0 radical (unpaired) electrons. The Morgan fingerprint density at radius 3 is 0.806 bits per heavy atom. The van der Waals surface area contributed by atoms with E-state index in [-0.39, 0.29) is 65.7 Å². The predicted octanol–water partition coefficient (Wildman–Crippen LogP) is 20.7. The van der Waals surface area contributed by atoms with Crippen LogP contribution in [0.1, 0.15) is 117 Å². The number of hydrogen-bond acceptors (Lipinski definition) is 14. The van der Waals surface area contributed by atoms with Crippen molar-refractivity contribution >= 4 is 11.9 Å². The van der Waals surface area contributed by atoms with Gasteiger partial charge in [0.15, 0.2) is 47.4 Å². The van der Waals surface area contributed by atoms with Crippen molar-refractivity contribution in [3.05, 3.63) is 382 Å². The van der Waals surface area contributed by atoms with Crippen molar-refractivity contribution in [1.29, 1.82) is 0 Å². The van der Waals surface area contributed by atoms with Crippen LogP contribution in [0.25, 0.3) is 0 Å². The monoisotopic (exact) mass is 1440 g/mol. The third-order valence-electron chi connectivity index (χ3n) is 18.9. The molecule has 14 rings (SSSR count). The number of fused-ring (bicyclic) bond motifs is 2. The first-order chi connectivity index (χ1) is 53.2. The molecular formula is C94H84O14. The number of allylic oxidation sites excluding steroid dienone is 2. The molecule has 544 valence electrons. The van der Waals surface area contributed by atoms with Crippen LogP contribution in [0.5, 0.6) is 57.5 Å². The second kappa shape index (κ2) is 35.9. The Morgan fingerprint density at radius 2 is 0.537 bits per heavy atom. The molecule has 0 amide bonds. The van der Waals surface area contributed by atoms with Crippen molar-refractivity contribution in [3.63, 3.8) is 0 Å². The lowest BCUT2D eigenvalue weighted by molar-refractivity contribution is -0.155. The van der Waals surface area contributed by atoms with Crippen LogP contribution in [-0.2, 0) is 71.9 Å². The first kappa shape index (κ1) is 72.3. The number of carbonyl (C=O) groups excluding carboxylic acids is 2. The van der Waals surface area contributed by atoms with Crippen LogP contribution < -0.4 is 47.4 Å². The molecule has 14 nitrogen and oxygen atoms in total. The largest absolute Gasteiger partial charge is 0.489 e. The maximum atomic E-state index is 14.0. The Kier molecular flexibility index (Phi) is 24.0. The fraction of sp³-hybridized carbons (Fsp3) is 0.191. The molecule has 0 saturated heterocycles. The SMILES string of the molecule is CC(=O)O[C@@H]1[C@@H](c2ccc(OCc3ccccc3)c(OCc3ccccc3)c2)Oc2cc(OCc3ccccc3)cc(OCc3ccccc3)c2[C@@H]1C/C=C/C[C@H]1c2c(OCc3ccccc3)cc(OCc3ccccc3)cc2O[C@H](c2ccc(OCc3ccccc3)c(OCc3ccccc3)c2)[C@H]1OC(C)=O. The van der Waals surface area contributed by atoms with E-state index in [2.05, 4.69) is 12.2 Å². The Labute approximate surface area is 630 Å². The highest BCUT2D eigenvalue weighted by Crippen LogP contribution is 2.55. The smallest absolute Gasteiger partial charge is 0.303 e. The van der Waals surface area contributed by atoms with E-state index in [1.54, 1.807) is 0 Å². The summed E-state index contributed by atoms with van der Waals surface area (Å²) in [6.07, 6.45) is 0.942. The summed E-state index contributed by atoms with van der Waals surface area (Å²) in [6.45, 7) is 4.81. The maximum absolute atomic E-state index is 14.0. The summed E-state index contributed by atoms with van der Waals surface area (Å²) in [5.74, 6) is 2.56. The number of esters is 2. The van der Waals surface area contributed by atoms with E-state index in [1.807, 2.05) is 303 Å². The van der Waals surface area contributed by atoms with E-state index in [4.69, 9.17) is 56.8 Å². The highest BCUT2D eigenvalue weighted by molar-refractivity contribution is 5.68. The van der Waals surface area contributed by atoms with Gasteiger partial charge in [-0.1, -0.05) is 267 Å². The van der Waals surface area contributed by atoms with Crippen LogP contribution >= 0.6 is 0 Å². The molecule has 0 bridgehead atoms. The van der Waals surface area contributed by atoms with Crippen molar-refractivity contribution in [3.8, 4) is 57.5 Å². The number of carbonyl (C=O) groups is 2. The molecular weight excluding hydrogens is 1350 g/mol. The van der Waals surface area contributed by atoms with Crippen molar-refractivity contribution in [2.75, 3.05) is 0 Å². The Hall–Kier alpha value is -12.7. The minimum Gasteiger partial charge on any atom is -0.489 e. The van der Waals surface area contributed by atoms with E-state index in [1.165, 1.54) is 13.8 Å². The first-order valence-corrected chi connectivity index (χ1v) is 36.5. The molecule has 108 heavy (non-hydrogen) atoms. The summed E-state index contributed by atoms with van der Waals surface area (Å²) in [4.78, 5) is 28.0. The standard InChI is InChI=1S/C94H84O14/c1-65(95)105-93-79(89-85(103-63-73-41-23-9-24-42-73)53-77(97-57-67-29-11-3-12-30-67)55-87(89)107-91(93)75-47-49-81(99-59-69-33-15-5-16-34-69)83(51-75)101-61-71-37-19-7-20-38-71)45-27-28-46-80-90-86(104-64-74-43-25-10-26-44-74)54-78(98-58-68-31-13-4-14-32-68)56-88(90)108-92(94(80)106-66(2)96)76-48-50-82(100-60-70-35-17-6-18-36-70)84(52-76)102-62-72-39-21-8-22-40-72/h3-44,47-56,79-80,91-94H,45-46,57-64H2,1-2H3/b28-27+/t79-,80-,91+,92+,93-,94-/m0/s1. The molecule has 2 aliphatic rings. The fourth-order valence-electron chi connectivity index (χ4n) is 13.6. The molecule has 14 heteroatoms. The lowest BCUT2D eigenvalue weighted by atomic mass is 9.80. The number of ether oxygens (including phenoxy) is 12. The normalized spacial score (nSPS) is 16.2. The van der Waals surface area contributed by atoms with E-state index < -0.39 is 48.2 Å². The van der Waals surface area contributed by atoms with E-state index in [9.17, 15) is 9.59 Å². The summed E-state index contributed by atoms with van der Waals surface area (Å²) in [5.41, 5.74) is 10.4. The van der Waals surface area contributed by atoms with Crippen molar-refractivity contribution < 1.29 is 66.4 Å². The van der Waals surface area contributed by atoms with Gasteiger partial charge in [-0.25, -0.2) is 0 Å². The molecule has 0 aromatic heterocycles. The third-order valence-corrected chi connectivity index (χ3v) is 18.9. The highest BCUT2D eigenvalue weighted by atomic mass is 16.6. The van der Waals surface area contributed by atoms with Gasteiger partial charge < -0.3 is 56.8 Å². The van der Waals surface area contributed by atoms with Crippen molar-refractivity contribution in [2.24, 2.45) is 0 Å². The zero-order chi connectivity index (χ0) is 73.6. The van der Waals surface area contributed by atoms with E-state index in [0.29, 0.717) is 79.7 Å². The van der Waals surface area contributed by atoms with Gasteiger partial charge >= 0.3 is 11.9 Å². The average molecular weight is 1440 g/mol. The molecule has 0 aliphatic carbocycles. The van der Waals surface area contributed by atoms with Crippen LogP contribution in [0.3, 0.4) is 0 Å². The maximum Gasteiger partial charge on any atom is 0.303 e. The number of benzene rings is 12. The van der Waals surface area contributed by atoms with E-state index in [0.717, 1.165) is 44.5 Å². The average Bonchev–Trinajstić information content (AvgIpc) is 0.755. The second-order valence-electron chi connectivity index (χ2n) is 26.7. The second-order valence-corrected chi connectivity index (χ2v) is 26.7. The van der Waals surface area contributed by atoms with Crippen LogP contribution in [0.4, 0.5) is 0 Å². The van der Waals surface area contributed by atoms with Gasteiger partial charge in [0.05, 0.1) is 0 Å². The molecule has 0 unspecified atom stereocenters. The van der Waals surface area contributed by atoms with Gasteiger partial charge in [-0.15, -0.1) is 0 Å². The summed E-state index contributed by atoms with van der Waals surface area (Å²) in [5, 5.41) is 0. The zero-order valence-corrected chi connectivity index (χ0v) is 60.3. The zero-order valence-electron chi connectivity index (χ0n) is 60.3. The summed E-state index contributed by atoms with van der Waals surface area (Å²) < 4.78 is 81.8.